The van der Waals surface area contributed by atoms with Crippen molar-refractivity contribution < 1.29 is 43.8 Å². The van der Waals surface area contributed by atoms with Gasteiger partial charge in [0.1, 0.15) is 12.1 Å². The molecule has 22 rings (SSSR count). The Morgan fingerprint density at radius 1 is 0.246 bits per heavy atom. The van der Waals surface area contributed by atoms with E-state index in [0.29, 0.717) is 0 Å². The van der Waals surface area contributed by atoms with Crippen molar-refractivity contribution in [2.75, 3.05) is 78.8 Å². The lowest BCUT2D eigenvalue weighted by Crippen LogP contribution is -3.00. The van der Waals surface area contributed by atoms with Crippen LogP contribution < -0.4 is 44.5 Å². The number of benzene rings is 12. The van der Waals surface area contributed by atoms with Crippen LogP contribution in [0.2, 0.25) is 0 Å². The number of nitrogens with one attached hydrogen (secondary N) is 4. The molecule has 12 aromatic rings. The van der Waals surface area contributed by atoms with Gasteiger partial charge in [-0.15, -0.1) is 19.1 Å². The van der Waals surface area contributed by atoms with E-state index in [2.05, 4.69) is 423 Å². The van der Waals surface area contributed by atoms with Crippen LogP contribution in [-0.4, -0.2) is 142 Å². The lowest BCUT2D eigenvalue weighted by Gasteiger charge is -2.34. The molecule has 0 saturated carbocycles. The van der Waals surface area contributed by atoms with E-state index in [1.54, 1.807) is 0 Å². The summed E-state index contributed by atoms with van der Waals surface area (Å²) in [6, 6.07) is 131. The normalized spacial score (nSPS) is 23.8. The summed E-state index contributed by atoms with van der Waals surface area (Å²) in [7, 11) is -6.09. The van der Waals surface area contributed by atoms with E-state index in [0.717, 1.165) is 129 Å². The first kappa shape index (κ1) is 86.7. The zero-order valence-corrected chi connectivity index (χ0v) is 74.5. The van der Waals surface area contributed by atoms with Gasteiger partial charge in [-0.05, 0) is 81.3 Å². The van der Waals surface area contributed by atoms with E-state index in [-0.39, 0.29) is 73.1 Å². The van der Waals surface area contributed by atoms with Gasteiger partial charge in [0.05, 0.1) is 24.2 Å². The monoisotopic (exact) mass is 1750 g/mol. The van der Waals surface area contributed by atoms with Crippen molar-refractivity contribution in [2.45, 2.75) is 100 Å². The Morgan fingerprint density at radius 2 is 0.444 bits per heavy atom. The Morgan fingerprint density at radius 3 is 0.667 bits per heavy atom. The van der Waals surface area contributed by atoms with E-state index in [4.69, 9.17) is 28.5 Å². The lowest BCUT2D eigenvalue weighted by atomic mass is 9.93. The molecule has 10 atom stereocenters. The minimum atomic E-state index is -3.04. The van der Waals surface area contributed by atoms with Gasteiger partial charge < -0.3 is 73.5 Å². The molecule has 22 heteroatoms. The topological polar surface area (TPSA) is 146 Å². The van der Waals surface area contributed by atoms with Crippen molar-refractivity contribution in [3.8, 4) is 0 Å². The molecule has 126 heavy (non-hydrogen) atoms. The maximum absolute atomic E-state index is 6.04. The van der Waals surface area contributed by atoms with Crippen LogP contribution in [-0.2, 0) is 35.7 Å². The van der Waals surface area contributed by atoms with E-state index >= 15 is 0 Å². The molecule has 12 aromatic carbocycles. The molecule has 0 amide bonds. The molecule has 0 unspecified atom stereocenters. The summed E-state index contributed by atoms with van der Waals surface area (Å²) in [4.78, 5) is 20.2. The molecule has 6 fully saturated rings. The van der Waals surface area contributed by atoms with Crippen LogP contribution in [0, 0.1) is 0 Å². The van der Waals surface area contributed by atoms with E-state index in [9.17, 15) is 0 Å². The average molecular weight is 1750 g/mol. The molecule has 0 radical (unpaired) electrons. The van der Waals surface area contributed by atoms with Gasteiger partial charge in [-0.2, -0.15) is 0 Å². The Bertz CT molecular complexity index is 5330. The molecule has 18 nitrogen and oxygen atoms in total. The standard InChI is InChI=1S/2C48H47N8P.2C4H8O.2ClH/c2*1-7-19-37(20-8-1)35-53-31-33-55-45(41-27-15-5-16-28-41)43(39-23-11-3-12-24-39)49-57(51-47(53)55)50-44(40-25-13-4-14-26-40)46(42-29-17-6-18-30-42)56-34-32-54(48(56)52-57)36-38-21-9-2-10-22-38;2*1-2-4-5-3-1;;/h2*1-30,43-46H,31-36H2,(H,49,50);2*1-4H2;2*1H/t2*43-,44-,45-,46-,57+;;;;/m00..../s1. The number of nitrogens with zero attached hydrogens (tertiary/aromatic N) is 12. The lowest BCUT2D eigenvalue weighted by molar-refractivity contribution is -0.501. The Balaban J connectivity index is 0.000000157. The molecule has 6 saturated heterocycles. The van der Waals surface area contributed by atoms with Crippen LogP contribution in [0.15, 0.2) is 383 Å². The Hall–Kier alpha value is -11.4. The first-order chi connectivity index (χ1) is 61.4. The Kier molecular flexibility index (Phi) is 28.5. The molecule has 0 aromatic heterocycles. The molecule has 644 valence electrons. The van der Waals surface area contributed by atoms with Crippen molar-refractivity contribution >= 4 is 38.9 Å². The summed E-state index contributed by atoms with van der Waals surface area (Å²) in [6.45, 7) is 14.0. The number of halogens is 2. The third-order valence-corrected chi connectivity index (χ3v) is 29.6. The third kappa shape index (κ3) is 19.7. The van der Waals surface area contributed by atoms with Crippen molar-refractivity contribution in [3.05, 3.63) is 431 Å². The van der Waals surface area contributed by atoms with E-state index in [1.165, 1.54) is 92.4 Å². The smallest absolute Gasteiger partial charge is 0.404 e. The van der Waals surface area contributed by atoms with Gasteiger partial charge in [-0.1, -0.05) is 364 Å². The van der Waals surface area contributed by atoms with E-state index < -0.39 is 15.0 Å². The molecule has 0 bridgehead atoms. The van der Waals surface area contributed by atoms with Crippen molar-refractivity contribution in [1.29, 1.82) is 0 Å². The van der Waals surface area contributed by atoms with Crippen LogP contribution in [0.5, 0.6) is 0 Å². The van der Waals surface area contributed by atoms with Gasteiger partial charge in [0.25, 0.3) is 0 Å². The zero-order valence-electron chi connectivity index (χ0n) is 71.2. The fourth-order valence-corrected chi connectivity index (χ4v) is 24.6. The predicted molar refractivity (Wildman–Crippen MR) is 500 cm³/mol. The number of rotatable bonds is 16. The minimum absolute atomic E-state index is 0. The summed E-state index contributed by atoms with van der Waals surface area (Å²) in [6.07, 6.45) is 5.11. The highest BCUT2D eigenvalue weighted by Gasteiger charge is 2.55. The second-order valence-electron chi connectivity index (χ2n) is 33.3. The first-order valence-electron chi connectivity index (χ1n) is 44.5. The maximum Gasteiger partial charge on any atom is 0.404 e. The fraction of sp³-hybridized carbons (Fsp3) is 0.269. The summed E-state index contributed by atoms with van der Waals surface area (Å²) >= 11 is 0. The molecule has 2 spiro atoms. The van der Waals surface area contributed by atoms with Gasteiger partial charge >= 0.3 is 15.0 Å². The number of ether oxygens (including phenoxy) is 2. The van der Waals surface area contributed by atoms with Gasteiger partial charge in [-0.3, -0.25) is 0 Å². The van der Waals surface area contributed by atoms with Gasteiger partial charge in [-0.25, -0.2) is 19.7 Å². The quantitative estimate of drug-likeness (QED) is 0.0683. The van der Waals surface area contributed by atoms with Gasteiger partial charge in [0.2, 0.25) is 23.8 Å². The highest BCUT2D eigenvalue weighted by atomic mass is 35.5. The largest absolute Gasteiger partial charge is 1.00 e. The van der Waals surface area contributed by atoms with Crippen molar-refractivity contribution in [2.24, 2.45) is 19.1 Å². The fourth-order valence-electron chi connectivity index (χ4n) is 19.2. The molecule has 10 aliphatic heterocycles. The predicted octanol–water partition coefficient (Wildman–Crippen LogP) is 11.5. The summed E-state index contributed by atoms with van der Waals surface area (Å²) < 4.78 is 42.7. The van der Waals surface area contributed by atoms with Crippen LogP contribution in [0.25, 0.3) is 0 Å². The number of hydrogen-bond acceptors (Lipinski definition) is 16. The molecular formula is C104H112Cl2N16O2P2. The number of fused-ring (bicyclic) bond motifs is 4. The second kappa shape index (κ2) is 41.4. The number of hydrogen-bond donors (Lipinski definition) is 4. The van der Waals surface area contributed by atoms with Crippen LogP contribution in [0.3, 0.4) is 0 Å². The van der Waals surface area contributed by atoms with Gasteiger partial charge in [0.15, 0.2) is 12.1 Å². The average Bonchev–Trinajstić information content (AvgIpc) is 1.58. The Labute approximate surface area is 755 Å². The van der Waals surface area contributed by atoms with Gasteiger partial charge in [0, 0.05) is 116 Å². The molecule has 4 N–H and O–H groups in total. The summed E-state index contributed by atoms with van der Waals surface area (Å²) in [5.74, 6) is 3.97. The summed E-state index contributed by atoms with van der Waals surface area (Å²) in [5, 5.41) is 8.64. The summed E-state index contributed by atoms with van der Waals surface area (Å²) in [5.41, 5.74) is 15.0. The first-order valence-corrected chi connectivity index (χ1v) is 47.9. The highest BCUT2D eigenvalue weighted by Crippen LogP contribution is 2.57. The maximum atomic E-state index is 6.04. The van der Waals surface area contributed by atoms with Crippen LogP contribution in [0.4, 0.5) is 0 Å². The molecular weight excluding hydrogens is 1640 g/mol. The SMILES string of the molecule is C1CCOC1.C1CCOC1.[Cl-].[Cl-].c1ccc(CN2CCN3C2=N[P@]2(=[NH+][C@@H](c4ccccc4)[C@H](c4ccccc4)N4CCN(Cc5ccccc5)C4=N2)N[C@@H](c2ccccc2)[C@@H]3c2ccccc2)cc1.c1ccc(CN2CCN3C2=N[P@]2(=[NH+][C@@H](c4ccccc4)[C@H](c4ccccc4)N4CCN(Cc5ccccc5)C4=N2)N[C@@H](c2ccccc2)[C@@H]3c2ccccc2)cc1. The van der Waals surface area contributed by atoms with E-state index in [1.807, 2.05) is 0 Å². The molecule has 10 heterocycles. The zero-order chi connectivity index (χ0) is 83.1. The molecule has 10 aliphatic rings. The van der Waals surface area contributed by atoms with Crippen molar-refractivity contribution in [3.63, 3.8) is 0 Å². The minimum Gasteiger partial charge on any atom is -1.00 e. The highest BCUT2D eigenvalue weighted by molar-refractivity contribution is 7.59. The third-order valence-electron chi connectivity index (χ3n) is 25.1. The van der Waals surface area contributed by atoms with Crippen LogP contribution in [0.1, 0.15) is 141 Å². The molecule has 0 aliphatic carbocycles. The van der Waals surface area contributed by atoms with Crippen molar-refractivity contribution in [1.82, 2.24) is 49.4 Å². The number of guanidine groups is 4. The second-order valence-corrected chi connectivity index (χ2v) is 37.6. The van der Waals surface area contributed by atoms with Crippen LogP contribution >= 0.6 is 15.0 Å².